The van der Waals surface area contributed by atoms with Crippen LogP contribution in [0.25, 0.3) is 0 Å². The van der Waals surface area contributed by atoms with Crippen molar-refractivity contribution in [2.75, 3.05) is 0 Å². The van der Waals surface area contributed by atoms with Crippen LogP contribution in [0.4, 0.5) is 0 Å². The van der Waals surface area contributed by atoms with Crippen molar-refractivity contribution >= 4 is 0 Å². The van der Waals surface area contributed by atoms with Crippen molar-refractivity contribution in [3.63, 3.8) is 0 Å². The van der Waals surface area contributed by atoms with E-state index >= 15 is 0 Å². The van der Waals surface area contributed by atoms with Gasteiger partial charge in [0.05, 0.1) is 0 Å². The highest BCUT2D eigenvalue weighted by atomic mass is 14.7. The average Bonchev–Trinajstić information content (AvgIpc) is 2.90. The quantitative estimate of drug-likeness (QED) is 0.800. The molecule has 1 nitrogen and oxygen atoms in total. The van der Waals surface area contributed by atoms with Crippen molar-refractivity contribution in [1.29, 1.82) is 0 Å². The van der Waals surface area contributed by atoms with Gasteiger partial charge < -0.3 is 5.73 Å². The first kappa shape index (κ1) is 13.2. The highest BCUT2D eigenvalue weighted by Crippen LogP contribution is 2.44. The van der Waals surface area contributed by atoms with Crippen LogP contribution in [0.3, 0.4) is 0 Å². The van der Waals surface area contributed by atoms with Gasteiger partial charge in [-0.1, -0.05) is 43.2 Å². The van der Waals surface area contributed by atoms with Crippen molar-refractivity contribution < 1.29 is 0 Å². The van der Waals surface area contributed by atoms with E-state index in [1.165, 1.54) is 31.2 Å². The van der Waals surface area contributed by atoms with Crippen LogP contribution in [-0.4, -0.2) is 6.04 Å². The monoisotopic (exact) mass is 241 g/mol. The second-order valence-corrected chi connectivity index (χ2v) is 5.30. The molecule has 1 unspecified atom stereocenters. The standard InChI is InChI=1S/C17H23N/c1-2-3-5-12-16(18)17(13-8-9-14-17)15-10-6-4-7-11-15/h4,6-7,10-11,16H,5,8-9,12-14,18H2,1H3. The average molecular weight is 241 g/mol. The van der Waals surface area contributed by atoms with Gasteiger partial charge in [0.15, 0.2) is 0 Å². The fourth-order valence-corrected chi connectivity index (χ4v) is 3.28. The molecule has 0 radical (unpaired) electrons. The van der Waals surface area contributed by atoms with Gasteiger partial charge >= 0.3 is 0 Å². The van der Waals surface area contributed by atoms with Gasteiger partial charge in [0.2, 0.25) is 0 Å². The molecule has 2 rings (SSSR count). The molecule has 0 spiro atoms. The van der Waals surface area contributed by atoms with E-state index in [2.05, 4.69) is 42.2 Å². The smallest absolute Gasteiger partial charge is 0.0145 e. The summed E-state index contributed by atoms with van der Waals surface area (Å²) in [6, 6.07) is 11.1. The lowest BCUT2D eigenvalue weighted by atomic mass is 9.71. The first-order valence-corrected chi connectivity index (χ1v) is 7.00. The number of nitrogens with two attached hydrogens (primary N) is 1. The third-order valence-corrected chi connectivity index (χ3v) is 4.31. The summed E-state index contributed by atoms with van der Waals surface area (Å²) < 4.78 is 0. The van der Waals surface area contributed by atoms with Crippen LogP contribution < -0.4 is 5.73 Å². The minimum absolute atomic E-state index is 0.205. The van der Waals surface area contributed by atoms with Gasteiger partial charge in [-0.2, -0.15) is 0 Å². The summed E-state index contributed by atoms with van der Waals surface area (Å²) in [4.78, 5) is 0. The molecule has 1 aromatic carbocycles. The third-order valence-electron chi connectivity index (χ3n) is 4.31. The Bertz CT molecular complexity index is 418. The molecule has 0 bridgehead atoms. The highest BCUT2D eigenvalue weighted by molar-refractivity contribution is 5.29. The summed E-state index contributed by atoms with van der Waals surface area (Å²) in [6.45, 7) is 1.90. The van der Waals surface area contributed by atoms with Gasteiger partial charge in [-0.3, -0.25) is 0 Å². The summed E-state index contributed by atoms with van der Waals surface area (Å²) in [6.07, 6.45) is 7.02. The first-order chi connectivity index (χ1) is 8.79. The Kier molecular flexibility index (Phi) is 4.44. The summed E-state index contributed by atoms with van der Waals surface area (Å²) >= 11 is 0. The Morgan fingerprint density at radius 1 is 1.22 bits per heavy atom. The lowest BCUT2D eigenvalue weighted by Crippen LogP contribution is -2.43. The van der Waals surface area contributed by atoms with E-state index in [1.807, 2.05) is 6.92 Å². The molecule has 0 aromatic heterocycles. The number of hydrogen-bond acceptors (Lipinski definition) is 1. The molecule has 0 heterocycles. The molecule has 1 fully saturated rings. The molecule has 2 N–H and O–H groups in total. The van der Waals surface area contributed by atoms with Crippen LogP contribution in [0, 0.1) is 11.8 Å². The maximum Gasteiger partial charge on any atom is 0.0145 e. The van der Waals surface area contributed by atoms with Crippen molar-refractivity contribution in [3.8, 4) is 11.8 Å². The van der Waals surface area contributed by atoms with Gasteiger partial charge in [0, 0.05) is 17.9 Å². The van der Waals surface area contributed by atoms with Crippen molar-refractivity contribution in [2.45, 2.75) is 56.9 Å². The maximum absolute atomic E-state index is 6.52. The third kappa shape index (κ3) is 2.60. The van der Waals surface area contributed by atoms with Gasteiger partial charge in [0.25, 0.3) is 0 Å². The van der Waals surface area contributed by atoms with E-state index in [0.717, 1.165) is 12.8 Å². The van der Waals surface area contributed by atoms with E-state index < -0.39 is 0 Å². The summed E-state index contributed by atoms with van der Waals surface area (Å²) in [7, 11) is 0. The van der Waals surface area contributed by atoms with Crippen molar-refractivity contribution in [3.05, 3.63) is 35.9 Å². The van der Waals surface area contributed by atoms with Crippen LogP contribution in [0.2, 0.25) is 0 Å². The van der Waals surface area contributed by atoms with Crippen molar-refractivity contribution in [2.24, 2.45) is 5.73 Å². The Morgan fingerprint density at radius 3 is 2.50 bits per heavy atom. The molecular formula is C17H23N. The van der Waals surface area contributed by atoms with Gasteiger partial charge in [-0.25, -0.2) is 0 Å². The molecule has 1 heteroatoms. The zero-order valence-electron chi connectivity index (χ0n) is 11.3. The number of hydrogen-bond donors (Lipinski definition) is 1. The lowest BCUT2D eigenvalue weighted by Gasteiger charge is -2.36. The molecule has 1 aliphatic carbocycles. The summed E-state index contributed by atoms with van der Waals surface area (Å²) in [5, 5.41) is 0. The summed E-state index contributed by atoms with van der Waals surface area (Å²) in [5.74, 6) is 6.10. The topological polar surface area (TPSA) is 26.0 Å². The number of rotatable bonds is 4. The molecule has 96 valence electrons. The molecule has 1 aromatic rings. The molecule has 1 saturated carbocycles. The molecule has 18 heavy (non-hydrogen) atoms. The van der Waals surface area contributed by atoms with Crippen LogP contribution in [0.15, 0.2) is 30.3 Å². The second-order valence-electron chi connectivity index (χ2n) is 5.30. The zero-order chi connectivity index (χ0) is 12.8. The Labute approximate surface area is 111 Å². The summed E-state index contributed by atoms with van der Waals surface area (Å²) in [5.41, 5.74) is 8.15. The predicted octanol–water partition coefficient (Wildman–Crippen LogP) is 3.63. The highest BCUT2D eigenvalue weighted by Gasteiger charge is 2.40. The Hall–Kier alpha value is -1.26. The first-order valence-electron chi connectivity index (χ1n) is 7.00. The van der Waals surface area contributed by atoms with Gasteiger partial charge in [-0.05, 0) is 31.7 Å². The normalized spacial score (nSPS) is 19.0. The largest absolute Gasteiger partial charge is 0.327 e. The Balaban J connectivity index is 2.18. The van der Waals surface area contributed by atoms with Gasteiger partial charge in [-0.15, -0.1) is 11.8 Å². The SMILES string of the molecule is CC#CCCC(N)C1(c2ccccc2)CCCC1. The molecule has 0 aliphatic heterocycles. The second kappa shape index (κ2) is 6.07. The molecule has 1 aliphatic rings. The van der Waals surface area contributed by atoms with Crippen LogP contribution in [0.1, 0.15) is 51.0 Å². The van der Waals surface area contributed by atoms with Crippen molar-refractivity contribution in [1.82, 2.24) is 0 Å². The zero-order valence-corrected chi connectivity index (χ0v) is 11.3. The minimum Gasteiger partial charge on any atom is -0.327 e. The van der Waals surface area contributed by atoms with E-state index in [-0.39, 0.29) is 11.5 Å². The molecular weight excluding hydrogens is 218 g/mol. The van der Waals surface area contributed by atoms with E-state index in [0.29, 0.717) is 0 Å². The fourth-order valence-electron chi connectivity index (χ4n) is 3.28. The molecule has 0 saturated heterocycles. The molecule has 1 atom stereocenters. The van der Waals surface area contributed by atoms with Crippen LogP contribution in [0.5, 0.6) is 0 Å². The van der Waals surface area contributed by atoms with Crippen LogP contribution >= 0.6 is 0 Å². The predicted molar refractivity (Wildman–Crippen MR) is 77.2 cm³/mol. The van der Waals surface area contributed by atoms with E-state index in [4.69, 9.17) is 5.73 Å². The van der Waals surface area contributed by atoms with Crippen LogP contribution in [-0.2, 0) is 5.41 Å². The Morgan fingerprint density at radius 2 is 1.89 bits per heavy atom. The lowest BCUT2D eigenvalue weighted by molar-refractivity contribution is 0.336. The number of benzene rings is 1. The van der Waals surface area contributed by atoms with Gasteiger partial charge in [0.1, 0.15) is 0 Å². The fraction of sp³-hybridized carbons (Fsp3) is 0.529. The van der Waals surface area contributed by atoms with E-state index in [9.17, 15) is 0 Å². The minimum atomic E-state index is 0.205. The maximum atomic E-state index is 6.52. The molecule has 0 amide bonds. The van der Waals surface area contributed by atoms with E-state index in [1.54, 1.807) is 0 Å².